The molecule has 3 N–H and O–H groups in total. The maximum atomic E-state index is 10.9. The highest BCUT2D eigenvalue weighted by Crippen LogP contribution is 2.50. The topological polar surface area (TPSA) is 141 Å². The number of nitriles is 1. The number of likely N-dealkylation sites (N-methyl/N-ethyl adjacent to an activating group) is 2. The zero-order valence-corrected chi connectivity index (χ0v) is 28.2. The minimum absolute atomic E-state index is 0.0130. The first kappa shape index (κ1) is 31.7. The first-order valence-electron chi connectivity index (χ1n) is 16.2. The molecule has 242 valence electrons. The van der Waals surface area contributed by atoms with E-state index < -0.39 is 11.5 Å². The third-order valence-corrected chi connectivity index (χ3v) is 11.2. The second-order valence-electron chi connectivity index (χ2n) is 13.4. The molecular formula is C33H46N8O3S. The smallest absolute Gasteiger partial charge is 0.219 e. The van der Waals surface area contributed by atoms with Crippen LogP contribution in [0.1, 0.15) is 80.2 Å². The summed E-state index contributed by atoms with van der Waals surface area (Å²) in [4.78, 5) is 17.6. The van der Waals surface area contributed by atoms with Crippen molar-refractivity contribution in [3.63, 3.8) is 0 Å². The Balaban J connectivity index is 1.45. The van der Waals surface area contributed by atoms with E-state index >= 15 is 0 Å². The van der Waals surface area contributed by atoms with Crippen molar-refractivity contribution in [3.8, 4) is 23.5 Å². The Bertz CT molecular complexity index is 1580. The van der Waals surface area contributed by atoms with Crippen LogP contribution in [0, 0.1) is 11.3 Å². The Morgan fingerprint density at radius 2 is 2.11 bits per heavy atom. The van der Waals surface area contributed by atoms with Gasteiger partial charge in [0, 0.05) is 35.6 Å². The van der Waals surface area contributed by atoms with Crippen LogP contribution >= 0.6 is 11.3 Å². The molecule has 0 saturated carbocycles. The Kier molecular flexibility index (Phi) is 8.82. The summed E-state index contributed by atoms with van der Waals surface area (Å²) >= 11 is 1.52. The molecular weight excluding hydrogens is 588 g/mol. The quantitative estimate of drug-likeness (QED) is 0.350. The third kappa shape index (κ3) is 5.69. The van der Waals surface area contributed by atoms with Gasteiger partial charge < -0.3 is 29.9 Å². The van der Waals surface area contributed by atoms with E-state index in [1.165, 1.54) is 11.3 Å². The van der Waals surface area contributed by atoms with E-state index in [9.17, 15) is 10.4 Å². The van der Waals surface area contributed by atoms with Gasteiger partial charge in [-0.25, -0.2) is 4.98 Å². The van der Waals surface area contributed by atoms with Crippen LogP contribution in [0.15, 0.2) is 10.6 Å². The molecule has 0 bridgehead atoms. The van der Waals surface area contributed by atoms with Crippen molar-refractivity contribution in [2.45, 2.75) is 95.4 Å². The summed E-state index contributed by atoms with van der Waals surface area (Å²) in [6, 6.07) is 4.56. The predicted molar refractivity (Wildman–Crippen MR) is 176 cm³/mol. The van der Waals surface area contributed by atoms with E-state index in [1.807, 2.05) is 20.2 Å². The van der Waals surface area contributed by atoms with Crippen LogP contribution in [0.25, 0.3) is 11.5 Å². The molecule has 3 aliphatic rings. The number of aromatic nitrogens is 3. The lowest BCUT2D eigenvalue weighted by molar-refractivity contribution is 0.114. The number of hydrogen-bond donors (Lipinski definition) is 2. The highest BCUT2D eigenvalue weighted by atomic mass is 32.1. The third-order valence-electron chi connectivity index (χ3n) is 10.1. The average molecular weight is 635 g/mol. The Morgan fingerprint density at radius 1 is 1.31 bits per heavy atom. The molecule has 5 atom stereocenters. The summed E-state index contributed by atoms with van der Waals surface area (Å²) < 4.78 is 12.8. The van der Waals surface area contributed by atoms with Gasteiger partial charge in [0.15, 0.2) is 17.3 Å². The Hall–Kier alpha value is -3.24. The van der Waals surface area contributed by atoms with Gasteiger partial charge >= 0.3 is 0 Å². The number of hydrogen-bond acceptors (Lipinski definition) is 12. The molecule has 12 heteroatoms. The first-order valence-corrected chi connectivity index (χ1v) is 17.0. The van der Waals surface area contributed by atoms with Crippen LogP contribution < -0.4 is 15.4 Å². The maximum Gasteiger partial charge on any atom is 0.219 e. The molecule has 2 aliphatic heterocycles. The van der Waals surface area contributed by atoms with Gasteiger partial charge in [-0.3, -0.25) is 4.90 Å². The minimum atomic E-state index is -0.543. The van der Waals surface area contributed by atoms with Gasteiger partial charge in [0.25, 0.3) is 0 Å². The van der Waals surface area contributed by atoms with Crippen LogP contribution in [-0.2, 0) is 18.3 Å². The number of nitrogen functional groups attached to an aromatic ring is 1. The van der Waals surface area contributed by atoms with Crippen LogP contribution in [0.5, 0.6) is 5.88 Å². The number of rotatable bonds is 9. The monoisotopic (exact) mass is 634 g/mol. The fourth-order valence-electron chi connectivity index (χ4n) is 7.73. The zero-order valence-electron chi connectivity index (χ0n) is 27.3. The van der Waals surface area contributed by atoms with Gasteiger partial charge in [-0.1, -0.05) is 18.5 Å². The van der Waals surface area contributed by atoms with E-state index in [2.05, 4.69) is 53.7 Å². The summed E-state index contributed by atoms with van der Waals surface area (Å²) in [6.07, 6.45) is 5.96. The van der Waals surface area contributed by atoms with Gasteiger partial charge in [-0.15, -0.1) is 11.3 Å². The van der Waals surface area contributed by atoms with Crippen molar-refractivity contribution in [1.29, 1.82) is 5.26 Å². The molecule has 11 nitrogen and oxygen atoms in total. The van der Waals surface area contributed by atoms with E-state index in [4.69, 9.17) is 25.0 Å². The van der Waals surface area contributed by atoms with Crippen molar-refractivity contribution in [2.24, 2.45) is 0 Å². The SMILES string of the molecule is CCCc1c(-c2nc(O[C@@H](C)[C@@H]3CCCN3C)cc(N3C[C@@H](N(C)C)[C@@H](O)C3)n2)noc1[C@@]1(C)CCCc2sc(N)c(C#N)c21. The number of aliphatic hydroxyl groups excluding tert-OH is 1. The summed E-state index contributed by atoms with van der Waals surface area (Å²) in [5, 5.41) is 26.1. The standard InChI is InChI=1S/C33H46N8O3S/c1-7-10-20-29(38-44-30(20)33(3)13-8-12-25-28(33)21(16-34)31(35)45-25)32-36-26(41-17-23(39(4)5)24(42)18-41)15-27(37-32)43-19(2)22-11-9-14-40(22)6/h15,19,22-24,42H,7-14,17-18,35H2,1-6H3/t19-,22-,23+,24-,33-/m0/s1. The molecule has 1 aliphatic carbocycles. The first-order chi connectivity index (χ1) is 21.5. The van der Waals surface area contributed by atoms with Crippen molar-refractivity contribution < 1.29 is 14.4 Å². The number of aliphatic hydroxyl groups is 1. The number of β-amino-alcohol motifs (C(OH)–C–C–N with tert-alkyl or cyclic N) is 1. The van der Waals surface area contributed by atoms with E-state index in [1.54, 1.807) is 0 Å². The van der Waals surface area contributed by atoms with Gasteiger partial charge in [-0.2, -0.15) is 10.2 Å². The van der Waals surface area contributed by atoms with Gasteiger partial charge in [0.05, 0.1) is 23.1 Å². The van der Waals surface area contributed by atoms with E-state index in [-0.39, 0.29) is 12.1 Å². The predicted octanol–water partition coefficient (Wildman–Crippen LogP) is 4.21. The molecule has 2 fully saturated rings. The van der Waals surface area contributed by atoms with Crippen molar-refractivity contribution in [1.82, 2.24) is 24.9 Å². The second kappa shape index (κ2) is 12.5. The van der Waals surface area contributed by atoms with Gasteiger partial charge in [0.1, 0.15) is 23.0 Å². The number of nitrogens with zero attached hydrogens (tertiary/aromatic N) is 7. The molecule has 2 saturated heterocycles. The largest absolute Gasteiger partial charge is 0.473 e. The number of anilines is 2. The van der Waals surface area contributed by atoms with Gasteiger partial charge in [0.2, 0.25) is 5.88 Å². The Labute approximate surface area is 270 Å². The lowest BCUT2D eigenvalue weighted by atomic mass is 9.69. The number of likely N-dealkylation sites (tertiary alicyclic amines) is 1. The molecule has 0 unspecified atom stereocenters. The van der Waals surface area contributed by atoms with Gasteiger partial charge in [-0.05, 0) is 85.6 Å². The van der Waals surface area contributed by atoms with Crippen LogP contribution in [0.3, 0.4) is 0 Å². The summed E-state index contributed by atoms with van der Waals surface area (Å²) in [5.41, 5.74) is 8.89. The molecule has 45 heavy (non-hydrogen) atoms. The number of nitrogens with two attached hydrogens (primary N) is 1. The summed E-state index contributed by atoms with van der Waals surface area (Å²) in [7, 11) is 6.12. The number of ether oxygens (including phenoxy) is 1. The van der Waals surface area contributed by atoms with E-state index in [0.29, 0.717) is 52.9 Å². The molecule has 6 rings (SSSR count). The highest BCUT2D eigenvalue weighted by molar-refractivity contribution is 7.16. The Morgan fingerprint density at radius 3 is 2.78 bits per heavy atom. The minimum Gasteiger partial charge on any atom is -0.473 e. The summed E-state index contributed by atoms with van der Waals surface area (Å²) in [6.45, 7) is 8.55. The zero-order chi connectivity index (χ0) is 32.0. The van der Waals surface area contributed by atoms with Crippen molar-refractivity contribution >= 4 is 22.2 Å². The molecule has 0 radical (unpaired) electrons. The molecule has 0 spiro atoms. The molecule has 3 aromatic rings. The number of thiophene rings is 1. The van der Waals surface area contributed by atoms with Crippen LogP contribution in [0.4, 0.5) is 10.8 Å². The maximum absolute atomic E-state index is 10.9. The van der Waals surface area contributed by atoms with Crippen molar-refractivity contribution in [3.05, 3.63) is 33.4 Å². The fourth-order valence-corrected chi connectivity index (χ4v) is 8.92. The van der Waals surface area contributed by atoms with Crippen molar-refractivity contribution in [2.75, 3.05) is 51.4 Å². The van der Waals surface area contributed by atoms with E-state index in [0.717, 1.165) is 73.3 Å². The summed E-state index contributed by atoms with van der Waals surface area (Å²) in [5.74, 6) is 2.39. The molecule has 0 amide bonds. The number of fused-ring (bicyclic) bond motifs is 1. The highest BCUT2D eigenvalue weighted by Gasteiger charge is 2.44. The second-order valence-corrected chi connectivity index (χ2v) is 14.6. The molecule has 3 aromatic heterocycles. The van der Waals surface area contributed by atoms with Crippen LogP contribution in [0.2, 0.25) is 0 Å². The lowest BCUT2D eigenvalue weighted by Gasteiger charge is -2.33. The van der Waals surface area contributed by atoms with Crippen LogP contribution in [-0.4, -0.2) is 95.1 Å². The fraction of sp³-hybridized carbons (Fsp3) is 0.636. The lowest BCUT2D eigenvalue weighted by Crippen LogP contribution is -2.38. The molecule has 5 heterocycles. The normalized spacial score (nSPS) is 25.9. The molecule has 0 aromatic carbocycles. The number of aryl methyl sites for hydroxylation is 1. The average Bonchev–Trinajstić information content (AvgIpc) is 3.78.